The van der Waals surface area contributed by atoms with Crippen LogP contribution in [0.25, 0.3) is 133 Å². The summed E-state index contributed by atoms with van der Waals surface area (Å²) in [4.78, 5) is 28.6. The second-order valence-electron chi connectivity index (χ2n) is 25.1. The first-order valence-corrected chi connectivity index (χ1v) is 32.6. The average Bonchev–Trinajstić information content (AvgIpc) is 0.764. The normalized spacial score (nSPS) is 10.9. The Hall–Kier alpha value is -10.0. The molecule has 0 spiro atoms. The van der Waals surface area contributed by atoms with Gasteiger partial charge in [0.15, 0.2) is 0 Å². The van der Waals surface area contributed by atoms with Gasteiger partial charge in [-0.05, 0) is 102 Å². The summed E-state index contributed by atoms with van der Waals surface area (Å²) in [6.07, 6.45) is 6.76. The molecule has 0 N–H and O–H groups in total. The molecule has 0 aliphatic carbocycles. The van der Waals surface area contributed by atoms with Crippen LogP contribution in [0.2, 0.25) is 0 Å². The van der Waals surface area contributed by atoms with Crippen molar-refractivity contribution in [1.29, 1.82) is 0 Å². The monoisotopic (exact) mass is 1610 g/mol. The molecule has 97 heavy (non-hydrogen) atoms. The van der Waals surface area contributed by atoms with Crippen molar-refractivity contribution >= 4 is 64.9 Å². The molecule has 16 rings (SSSR count). The third kappa shape index (κ3) is 15.9. The number of aromatic nitrogens is 6. The zero-order valence-electron chi connectivity index (χ0n) is 55.6. The minimum atomic E-state index is 0. The maximum atomic E-state index is 5.04. The summed E-state index contributed by atoms with van der Waals surface area (Å²) in [6, 6.07) is 99.5. The van der Waals surface area contributed by atoms with Crippen molar-refractivity contribution in [2.75, 3.05) is 0 Å². The molecule has 4 aromatic heterocycles. The third-order valence-electron chi connectivity index (χ3n) is 17.0. The summed E-state index contributed by atoms with van der Waals surface area (Å²) >= 11 is 0. The van der Waals surface area contributed by atoms with Crippen LogP contribution in [0, 0.1) is 57.9 Å². The molecule has 0 unspecified atom stereocenters. The van der Waals surface area contributed by atoms with Crippen molar-refractivity contribution in [2.24, 2.45) is 5.92 Å². The summed E-state index contributed by atoms with van der Waals surface area (Å²) in [7, 11) is 0. The molecule has 0 atom stereocenters. The van der Waals surface area contributed by atoms with Gasteiger partial charge in [-0.25, -0.2) is 0 Å². The fourth-order valence-corrected chi connectivity index (χ4v) is 12.5. The molecule has 0 saturated carbocycles. The van der Waals surface area contributed by atoms with Gasteiger partial charge >= 0.3 is 0 Å². The second-order valence-corrected chi connectivity index (χ2v) is 25.1. The zero-order chi connectivity index (χ0) is 65.4. The van der Waals surface area contributed by atoms with Gasteiger partial charge in [-0.15, -0.1) is 141 Å². The zero-order valence-corrected chi connectivity index (χ0v) is 60.4. The minimum absolute atomic E-state index is 0. The maximum absolute atomic E-state index is 5.04. The molecule has 4 heterocycles. The van der Waals surface area contributed by atoms with Gasteiger partial charge in [0.25, 0.3) is 0 Å². The van der Waals surface area contributed by atoms with Gasteiger partial charge in [-0.1, -0.05) is 225 Å². The van der Waals surface area contributed by atoms with Crippen LogP contribution in [0.1, 0.15) is 67.0 Å². The molecular weight excluding hydrogens is 1540 g/mol. The van der Waals surface area contributed by atoms with Crippen LogP contribution in [0.4, 0.5) is 0 Å². The third-order valence-corrected chi connectivity index (χ3v) is 17.0. The minimum Gasteiger partial charge on any atom is -0.304 e. The number of hydrogen-bond donors (Lipinski definition) is 0. The van der Waals surface area contributed by atoms with Crippen LogP contribution < -0.4 is 0 Å². The molecule has 0 saturated heterocycles. The summed E-state index contributed by atoms with van der Waals surface area (Å²) in [6.45, 7) is 17.3. The Kier molecular flexibility index (Phi) is 22.0. The summed E-state index contributed by atoms with van der Waals surface area (Å²) < 4.78 is 0. The van der Waals surface area contributed by atoms with Gasteiger partial charge in [0, 0.05) is 75.0 Å². The number of benzene rings is 12. The fraction of sp³-hybridized carbons (Fsp3) is 0.124. The van der Waals surface area contributed by atoms with Gasteiger partial charge < -0.3 is 9.97 Å². The van der Waals surface area contributed by atoms with Crippen LogP contribution in [-0.2, 0) is 46.6 Å². The Bertz CT molecular complexity index is 5350. The molecule has 0 aliphatic heterocycles. The fourth-order valence-electron chi connectivity index (χ4n) is 12.5. The van der Waals surface area contributed by atoms with E-state index in [-0.39, 0.29) is 40.2 Å². The van der Waals surface area contributed by atoms with Gasteiger partial charge in [-0.2, -0.15) is 0 Å². The number of nitrogens with zero attached hydrogens (tertiary/aromatic N) is 6. The van der Waals surface area contributed by atoms with Gasteiger partial charge in [0.1, 0.15) is 0 Å². The first kappa shape index (κ1) is 68.3. The Morgan fingerprint density at radius 2 is 1.01 bits per heavy atom. The number of aryl methyl sites for hydroxylation is 4. The predicted octanol–water partition coefficient (Wildman–Crippen LogP) is 22.8. The van der Waals surface area contributed by atoms with Gasteiger partial charge in [0.2, 0.25) is 0 Å². The first-order chi connectivity index (χ1) is 46.3. The van der Waals surface area contributed by atoms with E-state index in [0.717, 1.165) is 95.5 Å². The molecular formula is C89H72Ir2N6-4. The number of pyridine rings is 2. The maximum Gasteiger partial charge on any atom is 0.0763 e. The van der Waals surface area contributed by atoms with Crippen molar-refractivity contribution in [3.05, 3.63) is 325 Å². The van der Waals surface area contributed by atoms with Crippen molar-refractivity contribution in [1.82, 2.24) is 29.9 Å². The van der Waals surface area contributed by atoms with Gasteiger partial charge in [-0.3, -0.25) is 19.9 Å². The van der Waals surface area contributed by atoms with E-state index in [2.05, 4.69) is 295 Å². The van der Waals surface area contributed by atoms with Crippen LogP contribution in [-0.4, -0.2) is 29.9 Å². The van der Waals surface area contributed by atoms with E-state index in [9.17, 15) is 0 Å². The second kappa shape index (κ2) is 31.2. The topological polar surface area (TPSA) is 77.3 Å². The average molecular weight is 1610 g/mol. The van der Waals surface area contributed by atoms with Crippen LogP contribution >= 0.6 is 0 Å². The van der Waals surface area contributed by atoms with Crippen LogP contribution in [0.5, 0.6) is 0 Å². The number of fused-ring (bicyclic) bond motifs is 8. The van der Waals surface area contributed by atoms with E-state index in [0.29, 0.717) is 17.7 Å². The van der Waals surface area contributed by atoms with Crippen molar-refractivity contribution in [2.45, 2.75) is 67.7 Å². The summed E-state index contributed by atoms with van der Waals surface area (Å²) in [5, 5.41) is 11.7. The van der Waals surface area contributed by atoms with Gasteiger partial charge in [0.05, 0.1) is 28.4 Å². The predicted molar refractivity (Wildman–Crippen MR) is 397 cm³/mol. The molecule has 2 radical (unpaired) electrons. The van der Waals surface area contributed by atoms with Crippen molar-refractivity contribution in [3.63, 3.8) is 0 Å². The standard InChI is InChI=1S/C28H23N2.C27H21N2.2C17H14N.2Ir/c1-19(2)17-20-9-8-13-23(18-20)28-29-26(22-11-4-3-5-12-22)25-16-15-21-10-6-7-14-24(21)27(25)30-28;1-18(2)19-12-14-20(15-13-19)24-16-26-25(23-11-7-6-10-22(23)24)17-28-27(29-26)21-8-4-3-5-9-21;1-12-7-13(2)9-16(8-12)17-10-14-5-3-4-6-15(14)11-18-17;1-12-9-13(2)11-15(10-12)17-16-6-4-3-5-14(16)7-8-18-17;;/h3-12,14-16,18-19H,17H2,1-2H3;3-8,10-18H,1-2H3;3-8,10-11H,1-2H3;3-10H,1-2H3;;/q4*-1;;. The Morgan fingerprint density at radius 3 is 1.71 bits per heavy atom. The quantitative estimate of drug-likeness (QED) is 0.106. The number of hydrogen-bond acceptors (Lipinski definition) is 6. The Morgan fingerprint density at radius 1 is 0.381 bits per heavy atom. The largest absolute Gasteiger partial charge is 0.304 e. The smallest absolute Gasteiger partial charge is 0.0763 e. The summed E-state index contributed by atoms with van der Waals surface area (Å²) in [5.74, 6) is 2.55. The summed E-state index contributed by atoms with van der Waals surface area (Å²) in [5.41, 5.74) is 19.8. The molecule has 12 aromatic carbocycles. The van der Waals surface area contributed by atoms with Crippen molar-refractivity contribution in [3.8, 4) is 67.7 Å². The Labute approximate surface area is 596 Å². The van der Waals surface area contributed by atoms with Crippen LogP contribution in [0.15, 0.2) is 267 Å². The molecule has 8 heteroatoms. The molecule has 0 aliphatic rings. The van der Waals surface area contributed by atoms with E-state index >= 15 is 0 Å². The van der Waals surface area contributed by atoms with Crippen LogP contribution in [0.3, 0.4) is 0 Å². The SMILES string of the molecule is CC(C)Cc1cc[c-]c(-c2nc(-c3ccccc3)c3ccc4ccccc4c3n2)c1.CC(C)c1ccc(-c2cc3nc(-c4[c-]cccc4)ncc3c3ccccc23)cc1.Cc1[c-]c(-c2cc3ccccc3cn2)cc(C)c1.Cc1[c-]c(-c2nccc3ccccc23)cc(C)c1.[Ir].[Ir]. The molecule has 6 nitrogen and oxygen atoms in total. The van der Waals surface area contributed by atoms with E-state index in [1.165, 1.54) is 71.1 Å². The molecule has 16 aromatic rings. The molecule has 480 valence electrons. The molecule has 0 bridgehead atoms. The van der Waals surface area contributed by atoms with E-state index in [1.54, 1.807) is 0 Å². The van der Waals surface area contributed by atoms with E-state index < -0.39 is 0 Å². The first-order valence-electron chi connectivity index (χ1n) is 32.6. The molecule has 0 fully saturated rings. The van der Waals surface area contributed by atoms with E-state index in [4.69, 9.17) is 15.0 Å². The molecule has 0 amide bonds. The van der Waals surface area contributed by atoms with E-state index in [1.807, 2.05) is 67.1 Å². The number of rotatable bonds is 9. The van der Waals surface area contributed by atoms with Crippen molar-refractivity contribution < 1.29 is 40.2 Å². The Balaban J connectivity index is 0.000000134.